The van der Waals surface area contributed by atoms with Gasteiger partial charge in [-0.25, -0.2) is 8.42 Å². The Morgan fingerprint density at radius 2 is 1.80 bits per heavy atom. The fraction of sp³-hybridized carbons (Fsp3) is 0.714. The highest BCUT2D eigenvalue weighted by molar-refractivity contribution is 7.89. The summed E-state index contributed by atoms with van der Waals surface area (Å²) in [5, 5.41) is 3.17. The molecule has 0 aliphatic rings. The molecule has 20 heavy (non-hydrogen) atoms. The molecule has 1 aromatic rings. The van der Waals surface area contributed by atoms with E-state index in [9.17, 15) is 8.42 Å². The van der Waals surface area contributed by atoms with Gasteiger partial charge in [-0.1, -0.05) is 13.8 Å². The van der Waals surface area contributed by atoms with Crippen LogP contribution in [0.4, 0.5) is 0 Å². The van der Waals surface area contributed by atoms with Crippen LogP contribution in [0.5, 0.6) is 0 Å². The van der Waals surface area contributed by atoms with Gasteiger partial charge >= 0.3 is 0 Å². The molecule has 0 amide bonds. The molecule has 0 aromatic carbocycles. The molecule has 6 heteroatoms. The van der Waals surface area contributed by atoms with Crippen LogP contribution < -0.4 is 5.32 Å². The van der Waals surface area contributed by atoms with Crippen LogP contribution in [0.1, 0.15) is 44.8 Å². The second-order valence-electron chi connectivity index (χ2n) is 5.10. The minimum Gasteiger partial charge on any atom is -0.465 e. The Bertz CT molecular complexity index is 547. The number of hydrogen-bond acceptors (Lipinski definition) is 4. The fourth-order valence-electron chi connectivity index (χ4n) is 2.43. The molecule has 5 nitrogen and oxygen atoms in total. The zero-order chi connectivity index (χ0) is 15.5. The van der Waals surface area contributed by atoms with Crippen molar-refractivity contribution in [2.45, 2.75) is 59.0 Å². The number of rotatable bonds is 7. The summed E-state index contributed by atoms with van der Waals surface area (Å²) in [7, 11) is -3.52. The Kier molecular flexibility index (Phi) is 5.79. The second kappa shape index (κ2) is 6.74. The first-order valence-electron chi connectivity index (χ1n) is 7.08. The zero-order valence-corrected chi connectivity index (χ0v) is 14.1. The van der Waals surface area contributed by atoms with Crippen molar-refractivity contribution in [3.8, 4) is 0 Å². The summed E-state index contributed by atoms with van der Waals surface area (Å²) >= 11 is 0. The van der Waals surface area contributed by atoms with E-state index in [1.54, 1.807) is 6.92 Å². The first-order valence-corrected chi connectivity index (χ1v) is 8.52. The molecule has 1 aromatic heterocycles. The summed E-state index contributed by atoms with van der Waals surface area (Å²) in [4.78, 5) is 0.325. The van der Waals surface area contributed by atoms with E-state index >= 15 is 0 Å². The van der Waals surface area contributed by atoms with Crippen molar-refractivity contribution in [2.75, 3.05) is 13.1 Å². The lowest BCUT2D eigenvalue weighted by Crippen LogP contribution is -2.37. The minimum absolute atomic E-state index is 0.0772. The van der Waals surface area contributed by atoms with Crippen LogP contribution in [0.2, 0.25) is 0 Å². The molecule has 0 saturated carbocycles. The van der Waals surface area contributed by atoms with Gasteiger partial charge in [0.25, 0.3) is 0 Å². The number of aryl methyl sites for hydroxylation is 2. The van der Waals surface area contributed by atoms with E-state index in [1.165, 1.54) is 4.31 Å². The average Bonchev–Trinajstić information content (AvgIpc) is 2.61. The first-order chi connectivity index (χ1) is 9.27. The molecule has 0 bridgehead atoms. The highest BCUT2D eigenvalue weighted by Gasteiger charge is 2.32. The Morgan fingerprint density at radius 3 is 2.25 bits per heavy atom. The topological polar surface area (TPSA) is 62.6 Å². The van der Waals surface area contributed by atoms with Crippen LogP contribution in [0.3, 0.4) is 0 Å². The second-order valence-corrected chi connectivity index (χ2v) is 6.93. The number of nitrogens with zero attached hydrogens (tertiary/aromatic N) is 1. The molecule has 0 fully saturated rings. The molecule has 0 radical (unpaired) electrons. The summed E-state index contributed by atoms with van der Waals surface area (Å²) < 4.78 is 32.8. The lowest BCUT2D eigenvalue weighted by atomic mass is 10.2. The van der Waals surface area contributed by atoms with Gasteiger partial charge in [-0.05, 0) is 34.2 Å². The number of nitrogens with one attached hydrogen (secondary N) is 1. The van der Waals surface area contributed by atoms with Crippen molar-refractivity contribution in [1.82, 2.24) is 9.62 Å². The van der Waals surface area contributed by atoms with Crippen LogP contribution >= 0.6 is 0 Å². The summed E-state index contributed by atoms with van der Waals surface area (Å²) in [6, 6.07) is -0.0772. The molecule has 0 aliphatic heterocycles. The Labute approximate surface area is 122 Å². The van der Waals surface area contributed by atoms with Crippen molar-refractivity contribution in [2.24, 2.45) is 0 Å². The quantitative estimate of drug-likeness (QED) is 0.840. The number of hydrogen-bond donors (Lipinski definition) is 1. The molecule has 0 saturated heterocycles. The van der Waals surface area contributed by atoms with Gasteiger partial charge in [0.2, 0.25) is 10.0 Å². The zero-order valence-electron chi connectivity index (χ0n) is 13.3. The Balaban J connectivity index is 3.37. The maximum atomic E-state index is 12.9. The fourth-order valence-corrected chi connectivity index (χ4v) is 4.49. The van der Waals surface area contributed by atoms with Crippen molar-refractivity contribution >= 4 is 10.0 Å². The maximum Gasteiger partial charge on any atom is 0.247 e. The molecule has 116 valence electrons. The molecule has 1 N–H and O–H groups in total. The largest absolute Gasteiger partial charge is 0.465 e. The molecule has 0 aliphatic carbocycles. The van der Waals surface area contributed by atoms with Crippen molar-refractivity contribution in [3.05, 3.63) is 17.1 Å². The van der Waals surface area contributed by atoms with Crippen molar-refractivity contribution in [3.63, 3.8) is 0 Å². The molecule has 1 rings (SSSR count). The Morgan fingerprint density at radius 1 is 1.20 bits per heavy atom. The van der Waals surface area contributed by atoms with E-state index < -0.39 is 10.0 Å². The van der Waals surface area contributed by atoms with E-state index in [-0.39, 0.29) is 6.04 Å². The smallest absolute Gasteiger partial charge is 0.247 e. The predicted molar refractivity (Wildman–Crippen MR) is 80.3 cm³/mol. The molecule has 1 heterocycles. The van der Waals surface area contributed by atoms with Gasteiger partial charge in [-0.2, -0.15) is 4.31 Å². The van der Waals surface area contributed by atoms with Crippen LogP contribution in [0.25, 0.3) is 0 Å². The third kappa shape index (κ3) is 3.24. The first kappa shape index (κ1) is 17.2. The van der Waals surface area contributed by atoms with Crippen molar-refractivity contribution in [1.29, 1.82) is 0 Å². The third-order valence-electron chi connectivity index (χ3n) is 3.33. The van der Waals surface area contributed by atoms with E-state index in [1.807, 2.05) is 34.6 Å². The summed E-state index contributed by atoms with van der Waals surface area (Å²) in [6.07, 6.45) is 0. The molecule has 0 unspecified atom stereocenters. The van der Waals surface area contributed by atoms with Crippen LogP contribution in [0, 0.1) is 13.8 Å². The van der Waals surface area contributed by atoms with E-state index in [2.05, 4.69) is 5.32 Å². The normalized spacial score (nSPS) is 12.6. The summed E-state index contributed by atoms with van der Waals surface area (Å²) in [5.41, 5.74) is 0.739. The summed E-state index contributed by atoms with van der Waals surface area (Å²) in [5.74, 6) is 1.14. The van der Waals surface area contributed by atoms with Crippen LogP contribution in [-0.2, 0) is 16.6 Å². The summed E-state index contributed by atoms with van der Waals surface area (Å²) in [6.45, 7) is 12.9. The minimum atomic E-state index is -3.52. The average molecular weight is 302 g/mol. The van der Waals surface area contributed by atoms with Gasteiger partial charge in [0, 0.05) is 24.7 Å². The molecule has 0 atom stereocenters. The van der Waals surface area contributed by atoms with E-state index in [0.29, 0.717) is 29.5 Å². The van der Waals surface area contributed by atoms with Gasteiger partial charge in [0.05, 0.1) is 0 Å². The lowest BCUT2D eigenvalue weighted by molar-refractivity contribution is 0.367. The van der Waals surface area contributed by atoms with Gasteiger partial charge in [0.1, 0.15) is 16.4 Å². The molecule has 0 spiro atoms. The van der Waals surface area contributed by atoms with Gasteiger partial charge in [-0.3, -0.25) is 0 Å². The highest BCUT2D eigenvalue weighted by Crippen LogP contribution is 2.30. The predicted octanol–water partition coefficient (Wildman–Crippen LogP) is 2.42. The van der Waals surface area contributed by atoms with Gasteiger partial charge < -0.3 is 9.73 Å². The van der Waals surface area contributed by atoms with Crippen LogP contribution in [0.15, 0.2) is 9.31 Å². The maximum absolute atomic E-state index is 12.9. The molecular formula is C14H26N2O3S. The Hall–Kier alpha value is -0.850. The molecular weight excluding hydrogens is 276 g/mol. The number of furan rings is 1. The highest BCUT2D eigenvalue weighted by atomic mass is 32.2. The van der Waals surface area contributed by atoms with Crippen LogP contribution in [-0.4, -0.2) is 31.9 Å². The van der Waals surface area contributed by atoms with Crippen molar-refractivity contribution < 1.29 is 12.8 Å². The van der Waals surface area contributed by atoms with Gasteiger partial charge in [-0.15, -0.1) is 0 Å². The van der Waals surface area contributed by atoms with E-state index in [0.717, 1.165) is 12.1 Å². The van der Waals surface area contributed by atoms with E-state index in [4.69, 9.17) is 4.42 Å². The van der Waals surface area contributed by atoms with Gasteiger partial charge in [0.15, 0.2) is 0 Å². The SMILES string of the molecule is CCNCc1c(C)oc(C)c1S(=O)(=O)N(CC)C(C)C. The lowest BCUT2D eigenvalue weighted by Gasteiger charge is -2.24. The standard InChI is InChI=1S/C14H26N2O3S/c1-7-15-9-13-11(5)19-12(6)14(13)20(17,18)16(8-2)10(3)4/h10,15H,7-9H2,1-6H3. The number of sulfonamides is 1. The third-order valence-corrected chi connectivity index (χ3v) is 5.68. The monoisotopic (exact) mass is 302 g/mol.